The quantitative estimate of drug-likeness (QED) is 0.130. The number of hydrogen-bond donors (Lipinski definition) is 1. The number of aromatic carboxylic acids is 1. The van der Waals surface area contributed by atoms with Gasteiger partial charge in [0.15, 0.2) is 0 Å². The van der Waals surface area contributed by atoms with Crippen LogP contribution in [0, 0.1) is 6.07 Å². The van der Waals surface area contributed by atoms with E-state index in [1.54, 1.807) is 12.1 Å². The number of aryl methyl sites for hydroxylation is 3. The largest absolute Gasteiger partial charge is 0.477 e. The Hall–Kier alpha value is -2.95. The van der Waals surface area contributed by atoms with E-state index in [1.807, 2.05) is 12.4 Å². The van der Waals surface area contributed by atoms with Crippen molar-refractivity contribution in [1.29, 1.82) is 0 Å². The zero-order chi connectivity index (χ0) is 25.9. The third-order valence-electron chi connectivity index (χ3n) is 6.93. The number of unbranched alkanes of at least 4 members (excludes halogenated alkanes) is 7. The summed E-state index contributed by atoms with van der Waals surface area (Å²) < 4.78 is 0. The van der Waals surface area contributed by atoms with E-state index in [2.05, 4.69) is 52.2 Å². The van der Waals surface area contributed by atoms with Crippen molar-refractivity contribution >= 4 is 16.7 Å². The Kier molecular flexibility index (Phi) is 12.0. The van der Waals surface area contributed by atoms with Gasteiger partial charge in [-0.3, -0.25) is 9.97 Å². The number of benzene rings is 2. The molecule has 0 unspecified atom stereocenters. The molecule has 1 aliphatic rings. The molecule has 2 aromatic heterocycles. The van der Waals surface area contributed by atoms with Gasteiger partial charge >= 0.3 is 5.97 Å². The Morgan fingerprint density at radius 2 is 1.58 bits per heavy atom. The topological polar surface area (TPSA) is 76.0 Å². The molecule has 0 bridgehead atoms. The van der Waals surface area contributed by atoms with Crippen LogP contribution < -0.4 is 0 Å². The van der Waals surface area contributed by atoms with Gasteiger partial charge in [-0.25, -0.2) is 9.78 Å². The number of aromatic nitrogens is 3. The van der Waals surface area contributed by atoms with E-state index in [0.717, 1.165) is 30.7 Å². The maximum Gasteiger partial charge on any atom is 0.354 e. The molecule has 38 heavy (non-hydrogen) atoms. The van der Waals surface area contributed by atoms with Crippen LogP contribution in [0.1, 0.15) is 85.5 Å². The van der Waals surface area contributed by atoms with Crippen molar-refractivity contribution in [1.82, 2.24) is 15.0 Å². The van der Waals surface area contributed by atoms with Gasteiger partial charge in [-0.2, -0.15) is 0 Å². The smallest absolute Gasteiger partial charge is 0.354 e. The van der Waals surface area contributed by atoms with Gasteiger partial charge in [0, 0.05) is 38.7 Å². The fourth-order valence-corrected chi connectivity index (χ4v) is 4.92. The molecule has 5 nitrogen and oxygen atoms in total. The third kappa shape index (κ3) is 8.02. The Morgan fingerprint density at radius 3 is 2.24 bits per heavy atom. The number of rotatable bonds is 11. The first-order valence-corrected chi connectivity index (χ1v) is 13.6. The second kappa shape index (κ2) is 15.5. The van der Waals surface area contributed by atoms with Gasteiger partial charge in [-0.1, -0.05) is 104 Å². The second-order valence-electron chi connectivity index (χ2n) is 9.69. The number of hydrogen-bond acceptors (Lipinski definition) is 4. The van der Waals surface area contributed by atoms with Gasteiger partial charge in [0.1, 0.15) is 5.69 Å². The summed E-state index contributed by atoms with van der Waals surface area (Å²) in [6.45, 7) is 2.27. The van der Waals surface area contributed by atoms with Gasteiger partial charge in [0.2, 0.25) is 0 Å². The van der Waals surface area contributed by atoms with Crippen LogP contribution in [-0.2, 0) is 39.4 Å². The Morgan fingerprint density at radius 1 is 0.868 bits per heavy atom. The van der Waals surface area contributed by atoms with Crippen molar-refractivity contribution in [2.45, 2.75) is 77.6 Å². The summed E-state index contributed by atoms with van der Waals surface area (Å²) in [5, 5.41) is 11.0. The molecule has 0 aliphatic heterocycles. The Labute approximate surface area is 239 Å². The maximum absolute atomic E-state index is 10.1. The van der Waals surface area contributed by atoms with Gasteiger partial charge in [0.05, 0.1) is 5.82 Å². The van der Waals surface area contributed by atoms with Crippen molar-refractivity contribution in [3.8, 4) is 11.4 Å². The normalized spacial score (nSPS) is 11.5. The molecule has 0 atom stereocenters. The molecule has 201 valence electrons. The molecule has 0 fully saturated rings. The van der Waals surface area contributed by atoms with Gasteiger partial charge in [0.25, 0.3) is 0 Å². The van der Waals surface area contributed by atoms with E-state index in [4.69, 9.17) is 5.11 Å². The molecule has 0 saturated heterocycles. The average Bonchev–Trinajstić information content (AvgIpc) is 3.36. The molecule has 6 heteroatoms. The summed E-state index contributed by atoms with van der Waals surface area (Å²) in [7, 11) is 0. The van der Waals surface area contributed by atoms with Crippen LogP contribution in [0.25, 0.3) is 22.2 Å². The van der Waals surface area contributed by atoms with Crippen LogP contribution in [0.3, 0.4) is 0 Å². The van der Waals surface area contributed by atoms with E-state index < -0.39 is 5.97 Å². The minimum absolute atomic E-state index is 0. The minimum Gasteiger partial charge on any atom is -0.477 e. The Bertz CT molecular complexity index is 1280. The molecular formula is C32H36IrN3O2-. The van der Waals surface area contributed by atoms with E-state index in [-0.39, 0.29) is 25.8 Å². The van der Waals surface area contributed by atoms with Crippen molar-refractivity contribution in [2.24, 2.45) is 0 Å². The molecule has 0 spiro atoms. The summed E-state index contributed by atoms with van der Waals surface area (Å²) in [5.74, 6) is -0.189. The predicted molar refractivity (Wildman–Crippen MR) is 149 cm³/mol. The summed E-state index contributed by atoms with van der Waals surface area (Å²) in [6.07, 6.45) is 19.7. The van der Waals surface area contributed by atoms with Crippen LogP contribution in [0.2, 0.25) is 0 Å². The van der Waals surface area contributed by atoms with E-state index in [9.17, 15) is 4.79 Å². The van der Waals surface area contributed by atoms with Gasteiger partial charge in [-0.05, 0) is 37.0 Å². The second-order valence-corrected chi connectivity index (χ2v) is 9.69. The van der Waals surface area contributed by atoms with Gasteiger partial charge in [-0.15, -0.1) is 17.7 Å². The third-order valence-corrected chi connectivity index (χ3v) is 6.93. The summed E-state index contributed by atoms with van der Waals surface area (Å²) in [4.78, 5) is 23.1. The SMILES string of the molecule is CCCCCCCCCCc1cnc(-c2[c-]cc3c4c(cccc24)CC3)nc1.O=C(O)c1ccccn1.[Ir]. The molecule has 0 amide bonds. The molecule has 1 aliphatic carbocycles. The minimum atomic E-state index is -0.990. The van der Waals surface area contributed by atoms with Crippen LogP contribution >= 0.6 is 0 Å². The molecule has 2 heterocycles. The molecular weight excluding hydrogens is 651 g/mol. The predicted octanol–water partition coefficient (Wildman–Crippen LogP) is 7.66. The number of carboxylic acids is 1. The molecule has 4 aromatic rings. The van der Waals surface area contributed by atoms with E-state index in [1.165, 1.54) is 91.1 Å². The number of pyridine rings is 1. The van der Waals surface area contributed by atoms with Crippen molar-refractivity contribution in [3.63, 3.8) is 0 Å². The molecule has 5 rings (SSSR count). The first-order chi connectivity index (χ1) is 18.2. The molecule has 0 saturated carbocycles. The standard InChI is InChI=1S/C26H31N2.C6H5NO2.Ir/c1-2-3-4-5-6-7-8-9-11-20-18-27-26(28-19-20)24-17-16-22-15-14-21-12-10-13-23(24)25(21)22;8-6(9)5-3-1-2-4-7-5;/h10,12-13,16,18-19H,2-9,11,14-15H2,1H3;1-4H,(H,8,9);/q-1;;. The number of carboxylic acid groups (broad SMARTS) is 1. The monoisotopic (exact) mass is 687 g/mol. The number of nitrogens with zero attached hydrogens (tertiary/aromatic N) is 3. The maximum atomic E-state index is 10.1. The van der Waals surface area contributed by atoms with Crippen molar-refractivity contribution < 1.29 is 30.0 Å². The van der Waals surface area contributed by atoms with Crippen LogP contribution in [0.15, 0.2) is 61.1 Å². The van der Waals surface area contributed by atoms with E-state index >= 15 is 0 Å². The fourth-order valence-electron chi connectivity index (χ4n) is 4.92. The zero-order valence-electron chi connectivity index (χ0n) is 22.1. The summed E-state index contributed by atoms with van der Waals surface area (Å²) in [5.41, 5.74) is 5.24. The first-order valence-electron chi connectivity index (χ1n) is 13.6. The summed E-state index contributed by atoms with van der Waals surface area (Å²) in [6, 6.07) is 16.9. The summed E-state index contributed by atoms with van der Waals surface area (Å²) >= 11 is 0. The molecule has 2 aromatic carbocycles. The zero-order valence-corrected chi connectivity index (χ0v) is 24.5. The van der Waals surface area contributed by atoms with Crippen molar-refractivity contribution in [3.05, 3.63) is 89.5 Å². The van der Waals surface area contributed by atoms with Crippen LogP contribution in [0.4, 0.5) is 0 Å². The number of carbonyl (C=O) groups is 1. The average molecular weight is 687 g/mol. The first kappa shape index (κ1) is 29.6. The Balaban J connectivity index is 0.000000341. The fraction of sp³-hybridized carbons (Fsp3) is 0.375. The van der Waals surface area contributed by atoms with E-state index in [0.29, 0.717) is 0 Å². The van der Waals surface area contributed by atoms with Crippen molar-refractivity contribution in [2.75, 3.05) is 0 Å². The van der Waals surface area contributed by atoms with Gasteiger partial charge < -0.3 is 5.11 Å². The molecule has 1 radical (unpaired) electrons. The molecule has 1 N–H and O–H groups in total. The van der Waals surface area contributed by atoms with Crippen LogP contribution in [-0.4, -0.2) is 26.0 Å². The van der Waals surface area contributed by atoms with Crippen LogP contribution in [0.5, 0.6) is 0 Å².